The maximum atomic E-state index is 6.01. The molecule has 0 aliphatic carbocycles. The van der Waals surface area contributed by atoms with Crippen LogP contribution in [0.4, 0.5) is 0 Å². The molecule has 18 heavy (non-hydrogen) atoms. The van der Waals surface area contributed by atoms with Gasteiger partial charge < -0.3 is 9.47 Å². The zero-order valence-electron chi connectivity index (χ0n) is 11.6. The monoisotopic (exact) mass is 249 g/mol. The molecule has 100 valence electrons. The van der Waals surface area contributed by atoms with Crippen LogP contribution in [0.2, 0.25) is 0 Å². The fraction of sp³-hybridized carbons (Fsp3) is 0.600. The molecule has 0 aromatic heterocycles. The topological polar surface area (TPSA) is 21.7 Å². The SMILES string of the molecule is COCCN1C[C@@H](c2ccccc2)OCC1(C)C. The number of methoxy groups -OCH3 is 1. The Hall–Kier alpha value is -0.900. The van der Waals surface area contributed by atoms with E-state index < -0.39 is 0 Å². The van der Waals surface area contributed by atoms with Crippen LogP contribution in [0.3, 0.4) is 0 Å². The summed E-state index contributed by atoms with van der Waals surface area (Å²) >= 11 is 0. The largest absolute Gasteiger partial charge is 0.383 e. The molecule has 1 aromatic rings. The van der Waals surface area contributed by atoms with Gasteiger partial charge in [0.15, 0.2) is 0 Å². The highest BCUT2D eigenvalue weighted by Gasteiger charge is 2.35. The highest BCUT2D eigenvalue weighted by Crippen LogP contribution is 2.29. The third kappa shape index (κ3) is 3.10. The third-order valence-electron chi connectivity index (χ3n) is 3.62. The van der Waals surface area contributed by atoms with Crippen LogP contribution in [-0.4, -0.2) is 43.9 Å². The van der Waals surface area contributed by atoms with E-state index in [1.54, 1.807) is 7.11 Å². The fourth-order valence-electron chi connectivity index (χ4n) is 2.36. The van der Waals surface area contributed by atoms with Gasteiger partial charge in [-0.05, 0) is 19.4 Å². The lowest BCUT2D eigenvalue weighted by molar-refractivity contribution is -0.105. The second-order valence-corrected chi connectivity index (χ2v) is 5.46. The quantitative estimate of drug-likeness (QED) is 0.818. The van der Waals surface area contributed by atoms with Gasteiger partial charge >= 0.3 is 0 Å². The Morgan fingerprint density at radius 2 is 2.06 bits per heavy atom. The number of rotatable bonds is 4. The molecular formula is C15H23NO2. The van der Waals surface area contributed by atoms with Gasteiger partial charge in [-0.1, -0.05) is 30.3 Å². The van der Waals surface area contributed by atoms with Crippen molar-refractivity contribution in [1.29, 1.82) is 0 Å². The Balaban J connectivity index is 2.05. The Labute approximate surface area is 110 Å². The molecule has 1 aliphatic rings. The molecule has 1 saturated heterocycles. The highest BCUT2D eigenvalue weighted by atomic mass is 16.5. The van der Waals surface area contributed by atoms with E-state index in [4.69, 9.17) is 9.47 Å². The molecule has 1 fully saturated rings. The molecule has 0 N–H and O–H groups in total. The van der Waals surface area contributed by atoms with Gasteiger partial charge in [0, 0.05) is 25.7 Å². The second kappa shape index (κ2) is 5.83. The molecule has 1 heterocycles. The van der Waals surface area contributed by atoms with Crippen molar-refractivity contribution in [2.45, 2.75) is 25.5 Å². The zero-order valence-corrected chi connectivity index (χ0v) is 11.6. The molecule has 1 atom stereocenters. The van der Waals surface area contributed by atoms with Crippen LogP contribution in [-0.2, 0) is 9.47 Å². The first kappa shape index (κ1) is 13.5. The molecule has 0 bridgehead atoms. The van der Waals surface area contributed by atoms with E-state index in [0.717, 1.165) is 26.3 Å². The molecule has 0 spiro atoms. The van der Waals surface area contributed by atoms with E-state index in [0.29, 0.717) is 0 Å². The normalized spacial score (nSPS) is 24.1. The number of ether oxygens (including phenoxy) is 2. The lowest BCUT2D eigenvalue weighted by Gasteiger charge is -2.45. The Morgan fingerprint density at radius 1 is 1.33 bits per heavy atom. The predicted molar refractivity (Wildman–Crippen MR) is 72.7 cm³/mol. The molecule has 1 aliphatic heterocycles. The van der Waals surface area contributed by atoms with Gasteiger partial charge in [-0.2, -0.15) is 0 Å². The van der Waals surface area contributed by atoms with E-state index in [9.17, 15) is 0 Å². The molecule has 1 aromatic carbocycles. The lowest BCUT2D eigenvalue weighted by atomic mass is 9.98. The van der Waals surface area contributed by atoms with Crippen LogP contribution in [0.1, 0.15) is 25.5 Å². The van der Waals surface area contributed by atoms with Crippen LogP contribution in [0.5, 0.6) is 0 Å². The lowest BCUT2D eigenvalue weighted by Crippen LogP contribution is -2.54. The summed E-state index contributed by atoms with van der Waals surface area (Å²) in [7, 11) is 1.75. The minimum Gasteiger partial charge on any atom is -0.383 e. The summed E-state index contributed by atoms with van der Waals surface area (Å²) in [6.07, 6.45) is 0.177. The average Bonchev–Trinajstić information content (AvgIpc) is 2.38. The molecule has 3 nitrogen and oxygen atoms in total. The van der Waals surface area contributed by atoms with Gasteiger partial charge in [-0.25, -0.2) is 0 Å². The van der Waals surface area contributed by atoms with Gasteiger partial charge in [0.2, 0.25) is 0 Å². The predicted octanol–water partition coefficient (Wildman–Crippen LogP) is 2.48. The van der Waals surface area contributed by atoms with Crippen LogP contribution in [0.15, 0.2) is 30.3 Å². The first-order chi connectivity index (χ1) is 8.63. The number of benzene rings is 1. The summed E-state index contributed by atoms with van der Waals surface area (Å²) in [5.41, 5.74) is 1.35. The summed E-state index contributed by atoms with van der Waals surface area (Å²) in [6, 6.07) is 10.4. The first-order valence-corrected chi connectivity index (χ1v) is 6.54. The Morgan fingerprint density at radius 3 is 2.72 bits per heavy atom. The van der Waals surface area contributed by atoms with Crippen molar-refractivity contribution in [1.82, 2.24) is 4.90 Å². The molecule has 2 rings (SSSR count). The molecule has 0 saturated carbocycles. The van der Waals surface area contributed by atoms with Crippen molar-refractivity contribution in [2.24, 2.45) is 0 Å². The summed E-state index contributed by atoms with van der Waals surface area (Å²) in [6.45, 7) is 7.87. The van der Waals surface area contributed by atoms with Crippen molar-refractivity contribution < 1.29 is 9.47 Å². The number of nitrogens with zero attached hydrogens (tertiary/aromatic N) is 1. The molecular weight excluding hydrogens is 226 g/mol. The minimum absolute atomic E-state index is 0.0871. The summed E-state index contributed by atoms with van der Waals surface area (Å²) in [4.78, 5) is 2.46. The van der Waals surface area contributed by atoms with Crippen LogP contribution in [0, 0.1) is 0 Å². The van der Waals surface area contributed by atoms with E-state index in [1.165, 1.54) is 5.56 Å². The van der Waals surface area contributed by atoms with Crippen molar-refractivity contribution >= 4 is 0 Å². The smallest absolute Gasteiger partial charge is 0.0952 e. The third-order valence-corrected chi connectivity index (χ3v) is 3.62. The van der Waals surface area contributed by atoms with Gasteiger partial charge in [-0.15, -0.1) is 0 Å². The molecule has 0 radical (unpaired) electrons. The highest BCUT2D eigenvalue weighted by molar-refractivity contribution is 5.18. The average molecular weight is 249 g/mol. The second-order valence-electron chi connectivity index (χ2n) is 5.46. The molecule has 3 heteroatoms. The molecule has 0 amide bonds. The standard InChI is InChI=1S/C15H23NO2/c1-15(2)12-18-14(11-16(15)9-10-17-3)13-7-5-4-6-8-13/h4-8,14H,9-12H2,1-3H3/t14-/m0/s1. The van der Waals surface area contributed by atoms with Crippen LogP contribution >= 0.6 is 0 Å². The Kier molecular flexibility index (Phi) is 4.38. The Bertz CT molecular complexity index is 364. The van der Waals surface area contributed by atoms with Crippen LogP contribution in [0.25, 0.3) is 0 Å². The van der Waals surface area contributed by atoms with E-state index in [2.05, 4.69) is 43.0 Å². The van der Waals surface area contributed by atoms with E-state index in [1.807, 2.05) is 6.07 Å². The van der Waals surface area contributed by atoms with E-state index >= 15 is 0 Å². The van der Waals surface area contributed by atoms with Gasteiger partial charge in [0.25, 0.3) is 0 Å². The van der Waals surface area contributed by atoms with E-state index in [-0.39, 0.29) is 11.6 Å². The van der Waals surface area contributed by atoms with Crippen molar-refractivity contribution in [3.63, 3.8) is 0 Å². The summed E-state index contributed by atoms with van der Waals surface area (Å²) < 4.78 is 11.2. The maximum absolute atomic E-state index is 6.01. The van der Waals surface area contributed by atoms with Gasteiger partial charge in [0.05, 0.1) is 19.3 Å². The molecule has 0 unspecified atom stereocenters. The summed E-state index contributed by atoms with van der Waals surface area (Å²) in [5.74, 6) is 0. The fourth-order valence-corrected chi connectivity index (χ4v) is 2.36. The maximum Gasteiger partial charge on any atom is 0.0952 e. The van der Waals surface area contributed by atoms with Crippen molar-refractivity contribution in [2.75, 3.05) is 33.4 Å². The number of morpholine rings is 1. The zero-order chi connectivity index (χ0) is 13.0. The van der Waals surface area contributed by atoms with Crippen molar-refractivity contribution in [3.8, 4) is 0 Å². The number of hydrogen-bond donors (Lipinski definition) is 0. The number of hydrogen-bond acceptors (Lipinski definition) is 3. The van der Waals surface area contributed by atoms with Gasteiger partial charge in [0.1, 0.15) is 0 Å². The van der Waals surface area contributed by atoms with Gasteiger partial charge in [-0.3, -0.25) is 4.90 Å². The van der Waals surface area contributed by atoms with Crippen LogP contribution < -0.4 is 0 Å². The summed E-state index contributed by atoms with van der Waals surface area (Å²) in [5, 5.41) is 0. The first-order valence-electron chi connectivity index (χ1n) is 6.54. The minimum atomic E-state index is 0.0871. The van der Waals surface area contributed by atoms with Crippen molar-refractivity contribution in [3.05, 3.63) is 35.9 Å².